The Bertz CT molecular complexity index is 1570. The van der Waals surface area contributed by atoms with Crippen LogP contribution in [-0.2, 0) is 24.3 Å². The number of nitrogens with zero attached hydrogens (tertiary/aromatic N) is 3. The average Bonchev–Trinajstić information content (AvgIpc) is 3.19. The van der Waals surface area contributed by atoms with Crippen molar-refractivity contribution >= 4 is 39.1 Å². The summed E-state index contributed by atoms with van der Waals surface area (Å²) in [6.07, 6.45) is 0.535. The zero-order valence-electron chi connectivity index (χ0n) is 18.6. The van der Waals surface area contributed by atoms with Crippen LogP contribution >= 0.6 is 22.9 Å². The minimum absolute atomic E-state index is 0.0289. The molecule has 0 radical (unpaired) electrons. The Hall–Kier alpha value is -3.23. The molecule has 0 bridgehead atoms. The zero-order chi connectivity index (χ0) is 24.1. The standard InChI is InChI=1S/C25H21ClFN3O3S/c1-14-3-6-17(26)11-20(14)30-23(32)22-19-9-10-28(15(2)31)13-21(19)34-24(22)29(25(30)33)12-16-4-7-18(27)8-5-16/h3-8,11H,9-10,12-13H2,1-2H3. The highest BCUT2D eigenvalue weighted by Gasteiger charge is 2.28. The Balaban J connectivity index is 1.82. The molecule has 4 aromatic rings. The van der Waals surface area contributed by atoms with Crippen LogP contribution in [0.1, 0.15) is 28.5 Å². The molecule has 0 atom stereocenters. The topological polar surface area (TPSA) is 64.3 Å². The van der Waals surface area contributed by atoms with E-state index in [0.717, 1.165) is 21.6 Å². The van der Waals surface area contributed by atoms with E-state index in [1.165, 1.54) is 35.0 Å². The molecule has 34 heavy (non-hydrogen) atoms. The number of fused-ring (bicyclic) bond motifs is 3. The first kappa shape index (κ1) is 22.6. The number of carbonyl (C=O) groups is 1. The highest BCUT2D eigenvalue weighted by Crippen LogP contribution is 2.33. The Morgan fingerprint density at radius 2 is 1.88 bits per heavy atom. The number of hydrogen-bond acceptors (Lipinski definition) is 4. The van der Waals surface area contributed by atoms with Crippen LogP contribution in [0.3, 0.4) is 0 Å². The molecule has 0 aliphatic carbocycles. The van der Waals surface area contributed by atoms with Crippen LogP contribution in [0.25, 0.3) is 15.9 Å². The van der Waals surface area contributed by atoms with Crippen molar-refractivity contribution in [1.82, 2.24) is 14.0 Å². The third kappa shape index (κ3) is 3.76. The molecular weight excluding hydrogens is 477 g/mol. The first-order chi connectivity index (χ1) is 16.2. The van der Waals surface area contributed by atoms with E-state index in [9.17, 15) is 18.8 Å². The highest BCUT2D eigenvalue weighted by atomic mass is 35.5. The largest absolute Gasteiger partial charge is 0.337 e. The number of benzene rings is 2. The quantitative estimate of drug-likeness (QED) is 0.424. The Morgan fingerprint density at radius 3 is 2.59 bits per heavy atom. The van der Waals surface area contributed by atoms with Gasteiger partial charge in [-0.15, -0.1) is 11.3 Å². The molecule has 0 fully saturated rings. The molecule has 2 aromatic carbocycles. The first-order valence-corrected chi connectivity index (χ1v) is 12.0. The summed E-state index contributed by atoms with van der Waals surface area (Å²) >= 11 is 7.58. The Labute approximate surface area is 203 Å². The number of aryl methyl sites for hydroxylation is 1. The van der Waals surface area contributed by atoms with Gasteiger partial charge in [0, 0.05) is 23.4 Å². The number of aromatic nitrogens is 2. The van der Waals surface area contributed by atoms with Crippen LogP contribution in [0.5, 0.6) is 0 Å². The Kier molecular flexibility index (Phi) is 5.65. The van der Waals surface area contributed by atoms with Gasteiger partial charge in [0.25, 0.3) is 5.56 Å². The third-order valence-electron chi connectivity index (χ3n) is 6.23. The van der Waals surface area contributed by atoms with Crippen molar-refractivity contribution < 1.29 is 9.18 Å². The smallest absolute Gasteiger partial charge is 0.337 e. The van der Waals surface area contributed by atoms with Gasteiger partial charge in [-0.1, -0.05) is 29.8 Å². The maximum Gasteiger partial charge on any atom is 0.337 e. The molecule has 0 unspecified atom stereocenters. The predicted molar refractivity (Wildman–Crippen MR) is 132 cm³/mol. The minimum atomic E-state index is -0.491. The lowest BCUT2D eigenvalue weighted by atomic mass is 10.1. The molecule has 3 heterocycles. The van der Waals surface area contributed by atoms with Gasteiger partial charge in [-0.05, 0) is 54.3 Å². The Morgan fingerprint density at radius 1 is 1.15 bits per heavy atom. The molecule has 5 rings (SSSR count). The van der Waals surface area contributed by atoms with Crippen molar-refractivity contribution in [2.75, 3.05) is 6.54 Å². The van der Waals surface area contributed by atoms with E-state index in [-0.39, 0.29) is 18.3 Å². The number of thiophene rings is 1. The number of hydrogen-bond donors (Lipinski definition) is 0. The lowest BCUT2D eigenvalue weighted by Gasteiger charge is -2.25. The van der Waals surface area contributed by atoms with Gasteiger partial charge in [0.05, 0.1) is 24.2 Å². The first-order valence-electron chi connectivity index (χ1n) is 10.8. The second-order valence-electron chi connectivity index (χ2n) is 8.44. The molecule has 0 N–H and O–H groups in total. The summed E-state index contributed by atoms with van der Waals surface area (Å²) in [6.45, 7) is 4.44. The van der Waals surface area contributed by atoms with Crippen molar-refractivity contribution in [2.45, 2.75) is 33.4 Å². The van der Waals surface area contributed by atoms with Crippen LogP contribution in [0, 0.1) is 12.7 Å². The lowest BCUT2D eigenvalue weighted by molar-refractivity contribution is -0.129. The van der Waals surface area contributed by atoms with Gasteiger partial charge in [-0.3, -0.25) is 14.2 Å². The number of halogens is 2. The van der Waals surface area contributed by atoms with E-state index >= 15 is 0 Å². The molecule has 1 aliphatic heterocycles. The fourth-order valence-corrected chi connectivity index (χ4v) is 5.94. The summed E-state index contributed by atoms with van der Waals surface area (Å²) in [5, 5.41) is 0.908. The van der Waals surface area contributed by atoms with Crippen LogP contribution in [0.2, 0.25) is 5.02 Å². The lowest BCUT2D eigenvalue weighted by Crippen LogP contribution is -2.39. The van der Waals surface area contributed by atoms with Crippen LogP contribution < -0.4 is 11.2 Å². The van der Waals surface area contributed by atoms with Gasteiger partial charge >= 0.3 is 5.69 Å². The van der Waals surface area contributed by atoms with Crippen molar-refractivity contribution in [1.29, 1.82) is 0 Å². The second-order valence-corrected chi connectivity index (χ2v) is 9.96. The average molecular weight is 498 g/mol. The monoisotopic (exact) mass is 497 g/mol. The SMILES string of the molecule is CC(=O)N1CCc2c(sc3c2c(=O)n(-c2cc(Cl)ccc2C)c(=O)n3Cc2ccc(F)cc2)C1. The van der Waals surface area contributed by atoms with Gasteiger partial charge in [0.15, 0.2) is 0 Å². The van der Waals surface area contributed by atoms with E-state index in [4.69, 9.17) is 11.6 Å². The molecule has 1 amide bonds. The normalized spacial score (nSPS) is 13.4. The number of amides is 1. The second kappa shape index (κ2) is 8.52. The van der Waals surface area contributed by atoms with Gasteiger partial charge in [-0.2, -0.15) is 0 Å². The molecule has 1 aliphatic rings. The molecule has 0 saturated carbocycles. The van der Waals surface area contributed by atoms with E-state index in [1.54, 1.807) is 39.8 Å². The van der Waals surface area contributed by atoms with Crippen molar-refractivity contribution in [3.63, 3.8) is 0 Å². The van der Waals surface area contributed by atoms with Gasteiger partial charge in [0.2, 0.25) is 5.91 Å². The fourth-order valence-electron chi connectivity index (χ4n) is 4.42. The minimum Gasteiger partial charge on any atom is -0.337 e. The summed E-state index contributed by atoms with van der Waals surface area (Å²) < 4.78 is 16.2. The summed E-state index contributed by atoms with van der Waals surface area (Å²) in [7, 11) is 0. The molecule has 0 spiro atoms. The summed E-state index contributed by atoms with van der Waals surface area (Å²) in [4.78, 5) is 42.7. The van der Waals surface area contributed by atoms with Gasteiger partial charge < -0.3 is 4.90 Å². The van der Waals surface area contributed by atoms with E-state index in [0.29, 0.717) is 40.4 Å². The maximum atomic E-state index is 13.8. The molecular formula is C25H21ClFN3O3S. The van der Waals surface area contributed by atoms with E-state index in [2.05, 4.69) is 0 Å². The molecule has 174 valence electrons. The molecule has 9 heteroatoms. The van der Waals surface area contributed by atoms with E-state index in [1.807, 2.05) is 6.92 Å². The molecule has 6 nitrogen and oxygen atoms in total. The van der Waals surface area contributed by atoms with Crippen molar-refractivity contribution in [3.8, 4) is 5.69 Å². The summed E-state index contributed by atoms with van der Waals surface area (Å²) in [5.74, 6) is -0.393. The van der Waals surface area contributed by atoms with E-state index < -0.39 is 11.2 Å². The third-order valence-corrected chi connectivity index (χ3v) is 7.71. The van der Waals surface area contributed by atoms with Crippen LogP contribution in [-0.4, -0.2) is 26.5 Å². The summed E-state index contributed by atoms with van der Waals surface area (Å²) in [6, 6.07) is 11.0. The van der Waals surface area contributed by atoms with Crippen LogP contribution in [0.4, 0.5) is 4.39 Å². The fraction of sp³-hybridized carbons (Fsp3) is 0.240. The van der Waals surface area contributed by atoms with Gasteiger partial charge in [-0.25, -0.2) is 13.8 Å². The van der Waals surface area contributed by atoms with Crippen molar-refractivity contribution in [3.05, 3.63) is 95.7 Å². The molecule has 0 saturated heterocycles. The number of carbonyl (C=O) groups excluding carboxylic acids is 1. The maximum absolute atomic E-state index is 13.8. The highest BCUT2D eigenvalue weighted by molar-refractivity contribution is 7.18. The van der Waals surface area contributed by atoms with Crippen molar-refractivity contribution in [2.24, 2.45) is 0 Å². The van der Waals surface area contributed by atoms with Crippen LogP contribution in [0.15, 0.2) is 52.1 Å². The summed E-state index contributed by atoms with van der Waals surface area (Å²) in [5.41, 5.74) is 1.89. The van der Waals surface area contributed by atoms with Gasteiger partial charge in [0.1, 0.15) is 10.6 Å². The predicted octanol–water partition coefficient (Wildman–Crippen LogP) is 4.27. The zero-order valence-corrected chi connectivity index (χ0v) is 20.2. The molecule has 2 aromatic heterocycles. The number of rotatable bonds is 3.